The molecule has 0 aliphatic carbocycles. The molecule has 2 aromatic carbocycles. The maximum Gasteiger partial charge on any atom is 0.0632 e. The zero-order chi connectivity index (χ0) is 19.2. The van der Waals surface area contributed by atoms with Gasteiger partial charge in [-0.15, -0.1) is 0 Å². The minimum Gasteiger partial charge on any atom is -0.381 e. The summed E-state index contributed by atoms with van der Waals surface area (Å²) in [5, 5.41) is 1.35. The Morgan fingerprint density at radius 1 is 1.15 bits per heavy atom. The van der Waals surface area contributed by atoms with Gasteiger partial charge in [0.2, 0.25) is 0 Å². The van der Waals surface area contributed by atoms with E-state index >= 15 is 0 Å². The lowest BCUT2D eigenvalue weighted by Gasteiger charge is -2.37. The first kappa shape index (κ1) is 20.8. The standard InChI is InChI=1S/C21H25Cl2NO2S/c1-26-21-8-10-24(9-7-16-11-18(22)13-19(23)12-16)14-17(21)15-27(25)20-5-3-2-4-6-20/h2-6,11-13,17,21H,7-10,14-15H2,1H3. The third kappa shape index (κ3) is 6.03. The number of benzene rings is 2. The molecule has 0 spiro atoms. The van der Waals surface area contributed by atoms with Crippen molar-refractivity contribution in [2.45, 2.75) is 23.8 Å². The second-order valence-electron chi connectivity index (χ2n) is 6.98. The van der Waals surface area contributed by atoms with Crippen molar-refractivity contribution in [2.75, 3.05) is 32.5 Å². The lowest BCUT2D eigenvalue weighted by atomic mass is 9.96. The van der Waals surface area contributed by atoms with Crippen LogP contribution in [-0.4, -0.2) is 47.7 Å². The number of rotatable bonds is 7. The minimum absolute atomic E-state index is 0.162. The van der Waals surface area contributed by atoms with Crippen molar-refractivity contribution in [2.24, 2.45) is 5.92 Å². The van der Waals surface area contributed by atoms with E-state index in [1.807, 2.05) is 42.5 Å². The van der Waals surface area contributed by atoms with E-state index in [4.69, 9.17) is 27.9 Å². The Bertz CT molecular complexity index is 752. The summed E-state index contributed by atoms with van der Waals surface area (Å²) in [6.07, 6.45) is 2.02. The third-order valence-electron chi connectivity index (χ3n) is 5.06. The van der Waals surface area contributed by atoms with Gasteiger partial charge in [-0.3, -0.25) is 4.21 Å². The van der Waals surface area contributed by atoms with Gasteiger partial charge in [0.25, 0.3) is 0 Å². The smallest absolute Gasteiger partial charge is 0.0632 e. The summed E-state index contributed by atoms with van der Waals surface area (Å²) in [6, 6.07) is 15.4. The van der Waals surface area contributed by atoms with Crippen LogP contribution in [0.5, 0.6) is 0 Å². The molecule has 3 atom stereocenters. The molecule has 3 rings (SSSR count). The number of likely N-dealkylation sites (tertiary alicyclic amines) is 1. The van der Waals surface area contributed by atoms with Crippen molar-refractivity contribution >= 4 is 34.0 Å². The molecule has 1 heterocycles. The van der Waals surface area contributed by atoms with Crippen LogP contribution < -0.4 is 0 Å². The Hall–Kier alpha value is -0.910. The van der Waals surface area contributed by atoms with Gasteiger partial charge in [0.05, 0.1) is 16.9 Å². The van der Waals surface area contributed by atoms with Crippen molar-refractivity contribution < 1.29 is 8.95 Å². The van der Waals surface area contributed by atoms with Gasteiger partial charge < -0.3 is 9.64 Å². The topological polar surface area (TPSA) is 29.5 Å². The van der Waals surface area contributed by atoms with E-state index in [-0.39, 0.29) is 12.0 Å². The van der Waals surface area contributed by atoms with E-state index in [0.29, 0.717) is 15.8 Å². The quantitative estimate of drug-likeness (QED) is 0.644. The van der Waals surface area contributed by atoms with Crippen molar-refractivity contribution in [1.29, 1.82) is 0 Å². The summed E-state index contributed by atoms with van der Waals surface area (Å²) in [5.41, 5.74) is 1.14. The van der Waals surface area contributed by atoms with Gasteiger partial charge in [0.1, 0.15) is 0 Å². The molecule has 0 saturated carbocycles. The maximum atomic E-state index is 12.7. The van der Waals surface area contributed by atoms with Crippen molar-refractivity contribution in [3.63, 3.8) is 0 Å². The van der Waals surface area contributed by atoms with E-state index in [2.05, 4.69) is 4.90 Å². The predicted octanol–water partition coefficient (Wildman–Crippen LogP) is 4.68. The monoisotopic (exact) mass is 425 g/mol. The Labute approximate surface area is 174 Å². The van der Waals surface area contributed by atoms with Crippen molar-refractivity contribution in [3.05, 3.63) is 64.1 Å². The van der Waals surface area contributed by atoms with Gasteiger partial charge in [-0.25, -0.2) is 0 Å². The molecule has 1 aliphatic rings. The molecular weight excluding hydrogens is 401 g/mol. The van der Waals surface area contributed by atoms with Gasteiger partial charge in [0.15, 0.2) is 0 Å². The molecule has 3 unspecified atom stereocenters. The van der Waals surface area contributed by atoms with E-state index in [9.17, 15) is 4.21 Å². The first-order valence-corrected chi connectivity index (χ1v) is 11.3. The maximum absolute atomic E-state index is 12.7. The number of methoxy groups -OCH3 is 1. The average molecular weight is 426 g/mol. The first-order valence-electron chi connectivity index (χ1n) is 9.18. The molecule has 0 radical (unpaired) electrons. The van der Waals surface area contributed by atoms with Gasteiger partial charge in [-0.05, 0) is 48.7 Å². The summed E-state index contributed by atoms with van der Waals surface area (Å²) in [5.74, 6) is 0.884. The van der Waals surface area contributed by atoms with Crippen LogP contribution in [0.15, 0.2) is 53.4 Å². The number of nitrogens with zero attached hydrogens (tertiary/aromatic N) is 1. The SMILES string of the molecule is COC1CCN(CCc2cc(Cl)cc(Cl)c2)CC1CS(=O)c1ccccc1. The van der Waals surface area contributed by atoms with E-state index in [0.717, 1.165) is 42.9 Å². The lowest BCUT2D eigenvalue weighted by molar-refractivity contribution is 0.00240. The average Bonchev–Trinajstić information content (AvgIpc) is 2.66. The first-order chi connectivity index (χ1) is 13.0. The molecule has 146 valence electrons. The second-order valence-corrected chi connectivity index (χ2v) is 9.35. The van der Waals surface area contributed by atoms with Gasteiger partial charge >= 0.3 is 0 Å². The van der Waals surface area contributed by atoms with Crippen molar-refractivity contribution in [1.82, 2.24) is 4.90 Å². The molecule has 27 heavy (non-hydrogen) atoms. The van der Waals surface area contributed by atoms with Crippen LogP contribution in [0.1, 0.15) is 12.0 Å². The van der Waals surface area contributed by atoms with Crippen LogP contribution in [0.2, 0.25) is 10.0 Å². The Morgan fingerprint density at radius 3 is 2.52 bits per heavy atom. The molecule has 6 heteroatoms. The van der Waals surface area contributed by atoms with Crippen LogP contribution >= 0.6 is 23.2 Å². The van der Waals surface area contributed by atoms with Gasteiger partial charge in [-0.2, -0.15) is 0 Å². The van der Waals surface area contributed by atoms with Crippen LogP contribution in [-0.2, 0) is 22.0 Å². The molecule has 3 nitrogen and oxygen atoms in total. The van der Waals surface area contributed by atoms with Gasteiger partial charge in [0, 0.05) is 53.4 Å². The molecule has 0 aromatic heterocycles. The molecular formula is C21H25Cl2NO2S. The lowest BCUT2D eigenvalue weighted by Crippen LogP contribution is -2.46. The summed E-state index contributed by atoms with van der Waals surface area (Å²) in [6.45, 7) is 2.81. The zero-order valence-electron chi connectivity index (χ0n) is 15.4. The number of halogens is 2. The second kappa shape index (κ2) is 10.0. The highest BCUT2D eigenvalue weighted by Gasteiger charge is 2.30. The number of ether oxygens (including phenoxy) is 1. The summed E-state index contributed by atoms with van der Waals surface area (Å²) >= 11 is 12.2. The zero-order valence-corrected chi connectivity index (χ0v) is 17.8. The number of piperidine rings is 1. The fraction of sp³-hybridized carbons (Fsp3) is 0.429. The Balaban J connectivity index is 1.59. The van der Waals surface area contributed by atoms with Crippen LogP contribution in [0.25, 0.3) is 0 Å². The molecule has 0 N–H and O–H groups in total. The summed E-state index contributed by atoms with van der Waals surface area (Å²) in [7, 11) is 0.751. The highest BCUT2D eigenvalue weighted by atomic mass is 35.5. The minimum atomic E-state index is -1.01. The largest absolute Gasteiger partial charge is 0.381 e. The Morgan fingerprint density at radius 2 is 1.85 bits per heavy atom. The molecule has 1 fully saturated rings. The van der Waals surface area contributed by atoms with Gasteiger partial charge in [-0.1, -0.05) is 41.4 Å². The van der Waals surface area contributed by atoms with Crippen LogP contribution in [0.3, 0.4) is 0 Å². The van der Waals surface area contributed by atoms with E-state index < -0.39 is 10.8 Å². The predicted molar refractivity (Wildman–Crippen MR) is 113 cm³/mol. The number of hydrogen-bond acceptors (Lipinski definition) is 3. The third-order valence-corrected chi connectivity index (χ3v) is 7.03. The normalized spacial score (nSPS) is 21.9. The number of hydrogen-bond donors (Lipinski definition) is 0. The highest BCUT2D eigenvalue weighted by molar-refractivity contribution is 7.85. The summed E-state index contributed by atoms with van der Waals surface area (Å²) < 4.78 is 18.4. The fourth-order valence-electron chi connectivity index (χ4n) is 3.66. The van der Waals surface area contributed by atoms with Crippen LogP contribution in [0, 0.1) is 5.92 Å². The summed E-state index contributed by atoms with van der Waals surface area (Å²) in [4.78, 5) is 3.31. The molecule has 0 bridgehead atoms. The fourth-order valence-corrected chi connectivity index (χ4v) is 5.60. The van der Waals surface area contributed by atoms with Crippen LogP contribution in [0.4, 0.5) is 0 Å². The molecule has 0 amide bonds. The van der Waals surface area contributed by atoms with E-state index in [1.54, 1.807) is 13.2 Å². The molecule has 1 saturated heterocycles. The molecule has 2 aromatic rings. The Kier molecular flexibility index (Phi) is 7.74. The molecule has 1 aliphatic heterocycles. The highest BCUT2D eigenvalue weighted by Crippen LogP contribution is 2.24. The van der Waals surface area contributed by atoms with Crippen molar-refractivity contribution in [3.8, 4) is 0 Å². The van der Waals surface area contributed by atoms with E-state index in [1.165, 1.54) is 0 Å².